The summed E-state index contributed by atoms with van der Waals surface area (Å²) in [4.78, 5) is 5.38. The Hall–Kier alpha value is -1.93. The topological polar surface area (TPSA) is 58.3 Å². The number of piperazine rings is 1. The summed E-state index contributed by atoms with van der Waals surface area (Å²) in [6.45, 7) is 6.64. The highest BCUT2D eigenvalue weighted by Crippen LogP contribution is 2.17. The number of rotatable bonds is 7. The first kappa shape index (κ1) is 21.8. The van der Waals surface area contributed by atoms with Gasteiger partial charge in [-0.25, -0.2) is 13.1 Å². The molecule has 2 aromatic carbocycles. The van der Waals surface area contributed by atoms with Crippen LogP contribution >= 0.6 is 0 Å². The molecule has 1 saturated heterocycles. The molecule has 0 aliphatic carbocycles. The van der Waals surface area contributed by atoms with Gasteiger partial charge in [0.15, 0.2) is 0 Å². The molecule has 7 heteroatoms. The predicted octanol–water partition coefficient (Wildman–Crippen LogP) is -0.506. The van der Waals surface area contributed by atoms with Crippen molar-refractivity contribution in [2.45, 2.75) is 17.9 Å². The molecular formula is C22H34N4O2S+2. The molecule has 0 aromatic heterocycles. The number of hydrogen-bond acceptors (Lipinski definition) is 3. The SMILES string of the molecule is Cc1ccc(S(=O)(=O)NC[C@H](c2ccc(N(C)C)cc2)[NH+]2CC[NH+](C)CC2)cc1. The fraction of sp³-hybridized carbons (Fsp3) is 0.455. The zero-order valence-corrected chi connectivity index (χ0v) is 18.7. The molecule has 1 aliphatic rings. The van der Waals surface area contributed by atoms with E-state index in [2.05, 4.69) is 40.9 Å². The average molecular weight is 419 g/mol. The zero-order chi connectivity index (χ0) is 21.0. The Morgan fingerprint density at radius 2 is 1.55 bits per heavy atom. The molecule has 1 aliphatic heterocycles. The molecule has 1 atom stereocenters. The summed E-state index contributed by atoms with van der Waals surface area (Å²) in [6, 6.07) is 15.6. The Morgan fingerprint density at radius 3 is 2.10 bits per heavy atom. The van der Waals surface area contributed by atoms with Crippen molar-refractivity contribution >= 4 is 15.7 Å². The normalized spacial score (nSPS) is 21.0. The third-order valence-corrected chi connectivity index (χ3v) is 7.30. The van der Waals surface area contributed by atoms with Crippen molar-refractivity contribution in [3.05, 3.63) is 59.7 Å². The van der Waals surface area contributed by atoms with Crippen molar-refractivity contribution in [1.29, 1.82) is 0 Å². The first-order valence-corrected chi connectivity index (χ1v) is 11.7. The van der Waals surface area contributed by atoms with Crippen LogP contribution in [-0.2, 0) is 10.0 Å². The van der Waals surface area contributed by atoms with E-state index in [1.54, 1.807) is 12.1 Å². The minimum absolute atomic E-state index is 0.0968. The molecule has 0 radical (unpaired) electrons. The second kappa shape index (κ2) is 9.26. The van der Waals surface area contributed by atoms with Crippen LogP contribution in [0.25, 0.3) is 0 Å². The number of aryl methyl sites for hydroxylation is 1. The van der Waals surface area contributed by atoms with Crippen LogP contribution < -0.4 is 19.4 Å². The molecule has 6 nitrogen and oxygen atoms in total. The van der Waals surface area contributed by atoms with Crippen LogP contribution in [0.2, 0.25) is 0 Å². The summed E-state index contributed by atoms with van der Waals surface area (Å²) in [7, 11) is 2.74. The van der Waals surface area contributed by atoms with Crippen molar-refractivity contribution in [1.82, 2.24) is 4.72 Å². The number of quaternary nitrogens is 2. The van der Waals surface area contributed by atoms with Crippen molar-refractivity contribution in [3.63, 3.8) is 0 Å². The van der Waals surface area contributed by atoms with Crippen LogP contribution in [0.1, 0.15) is 17.2 Å². The first-order valence-electron chi connectivity index (χ1n) is 10.3. The van der Waals surface area contributed by atoms with Gasteiger partial charge in [-0.15, -0.1) is 0 Å². The highest BCUT2D eigenvalue weighted by Gasteiger charge is 2.30. The highest BCUT2D eigenvalue weighted by atomic mass is 32.2. The number of nitrogens with one attached hydrogen (secondary N) is 3. The summed E-state index contributed by atoms with van der Waals surface area (Å²) in [5, 5.41) is 0. The lowest BCUT2D eigenvalue weighted by Gasteiger charge is -2.33. The van der Waals surface area contributed by atoms with Crippen molar-refractivity contribution in [2.75, 3.05) is 58.8 Å². The van der Waals surface area contributed by atoms with Gasteiger partial charge in [0.1, 0.15) is 32.2 Å². The Bertz CT molecular complexity index is 887. The monoisotopic (exact) mass is 418 g/mol. The first-order chi connectivity index (χ1) is 13.8. The highest BCUT2D eigenvalue weighted by molar-refractivity contribution is 7.89. The number of benzene rings is 2. The summed E-state index contributed by atoms with van der Waals surface area (Å²) >= 11 is 0. The van der Waals surface area contributed by atoms with Crippen molar-refractivity contribution in [2.24, 2.45) is 0 Å². The molecule has 0 bridgehead atoms. The standard InChI is InChI=1S/C22H32N4O2S/c1-18-5-11-21(12-6-18)29(27,28)23-17-22(26-15-13-25(4)14-16-26)19-7-9-20(10-8-19)24(2)3/h5-12,22-23H,13-17H2,1-4H3/p+2/t22-/m1/s1. The summed E-state index contributed by atoms with van der Waals surface area (Å²) in [5.41, 5.74) is 3.37. The van der Waals surface area contributed by atoms with Crippen molar-refractivity contribution in [3.8, 4) is 0 Å². The maximum absolute atomic E-state index is 12.8. The predicted molar refractivity (Wildman–Crippen MR) is 117 cm³/mol. The molecule has 1 heterocycles. The number of likely N-dealkylation sites (N-methyl/N-ethyl adjacent to an activating group) is 1. The molecular weight excluding hydrogens is 384 g/mol. The molecule has 158 valence electrons. The molecule has 0 amide bonds. The average Bonchev–Trinajstić information content (AvgIpc) is 2.70. The van der Waals surface area contributed by atoms with E-state index in [0.29, 0.717) is 11.4 Å². The Morgan fingerprint density at radius 1 is 0.966 bits per heavy atom. The van der Waals surface area contributed by atoms with E-state index in [1.165, 1.54) is 15.4 Å². The van der Waals surface area contributed by atoms with E-state index in [1.807, 2.05) is 33.2 Å². The molecule has 0 saturated carbocycles. The maximum atomic E-state index is 12.8. The third-order valence-electron chi connectivity index (χ3n) is 5.86. The molecule has 2 aromatic rings. The van der Waals surface area contributed by atoms with Crippen LogP contribution in [0.15, 0.2) is 53.4 Å². The molecule has 0 unspecified atom stereocenters. The molecule has 0 spiro atoms. The maximum Gasteiger partial charge on any atom is 0.240 e. The van der Waals surface area contributed by atoms with Gasteiger partial charge < -0.3 is 14.7 Å². The van der Waals surface area contributed by atoms with Crippen LogP contribution in [0.5, 0.6) is 0 Å². The van der Waals surface area contributed by atoms with Gasteiger partial charge in [0.2, 0.25) is 10.0 Å². The minimum atomic E-state index is -3.53. The molecule has 3 N–H and O–H groups in total. The number of hydrogen-bond donors (Lipinski definition) is 3. The third kappa shape index (κ3) is 5.57. The second-order valence-corrected chi connectivity index (χ2v) is 10.1. The fourth-order valence-corrected chi connectivity index (χ4v) is 4.89. The number of nitrogens with zero attached hydrogens (tertiary/aromatic N) is 1. The number of sulfonamides is 1. The summed E-state index contributed by atoms with van der Waals surface area (Å²) < 4.78 is 28.5. The lowest BCUT2D eigenvalue weighted by molar-refractivity contribution is -1.02. The Kier molecular flexibility index (Phi) is 6.95. The molecule has 3 rings (SSSR count). The van der Waals surface area contributed by atoms with E-state index in [9.17, 15) is 8.42 Å². The van der Waals surface area contributed by atoms with Gasteiger partial charge in [-0.1, -0.05) is 29.8 Å². The summed E-state index contributed by atoms with van der Waals surface area (Å²) in [5.74, 6) is 0. The van der Waals surface area contributed by atoms with Gasteiger partial charge in [0, 0.05) is 25.3 Å². The van der Waals surface area contributed by atoms with Gasteiger partial charge in [-0.2, -0.15) is 0 Å². The van der Waals surface area contributed by atoms with E-state index in [4.69, 9.17) is 0 Å². The van der Waals surface area contributed by atoms with Crippen LogP contribution in [-0.4, -0.2) is 62.3 Å². The molecule has 1 fully saturated rings. The zero-order valence-electron chi connectivity index (χ0n) is 17.9. The van der Waals surface area contributed by atoms with Crippen molar-refractivity contribution < 1.29 is 18.2 Å². The van der Waals surface area contributed by atoms with Gasteiger partial charge in [0.05, 0.1) is 18.5 Å². The lowest BCUT2D eigenvalue weighted by atomic mass is 10.0. The van der Waals surface area contributed by atoms with Crippen LogP contribution in [0.3, 0.4) is 0 Å². The smallest absolute Gasteiger partial charge is 0.240 e. The van der Waals surface area contributed by atoms with Gasteiger partial charge in [0.25, 0.3) is 0 Å². The van der Waals surface area contributed by atoms with Gasteiger partial charge in [-0.05, 0) is 31.2 Å². The van der Waals surface area contributed by atoms with E-state index in [-0.39, 0.29) is 6.04 Å². The Labute approximate surface area is 175 Å². The molecule has 29 heavy (non-hydrogen) atoms. The lowest BCUT2D eigenvalue weighted by Crippen LogP contribution is -3.27. The largest absolute Gasteiger partial charge is 0.378 e. The van der Waals surface area contributed by atoms with E-state index in [0.717, 1.165) is 37.4 Å². The van der Waals surface area contributed by atoms with E-state index < -0.39 is 10.0 Å². The summed E-state index contributed by atoms with van der Waals surface area (Å²) in [6.07, 6.45) is 0. The Balaban J connectivity index is 1.80. The second-order valence-electron chi connectivity index (χ2n) is 8.32. The van der Waals surface area contributed by atoms with Crippen LogP contribution in [0.4, 0.5) is 5.69 Å². The van der Waals surface area contributed by atoms with Gasteiger partial charge >= 0.3 is 0 Å². The quantitative estimate of drug-likeness (QED) is 0.568. The van der Waals surface area contributed by atoms with E-state index >= 15 is 0 Å². The fourth-order valence-electron chi connectivity index (χ4n) is 3.84. The number of anilines is 1. The minimum Gasteiger partial charge on any atom is -0.378 e. The van der Waals surface area contributed by atoms with Crippen LogP contribution in [0, 0.1) is 6.92 Å². The van der Waals surface area contributed by atoms with Gasteiger partial charge in [-0.3, -0.25) is 0 Å².